The van der Waals surface area contributed by atoms with Crippen LogP contribution in [0.1, 0.15) is 19.3 Å². The molecule has 0 aliphatic heterocycles. The molecule has 0 radical (unpaired) electrons. The Morgan fingerprint density at radius 3 is 1.95 bits per heavy atom. The molecule has 0 bridgehead atoms. The average molecular weight is 294 g/mol. The second-order valence-electron chi connectivity index (χ2n) is 4.70. The van der Waals surface area contributed by atoms with E-state index in [1.807, 2.05) is 0 Å². The van der Waals surface area contributed by atoms with Gasteiger partial charge in [0.1, 0.15) is 5.69 Å². The molecular formula is C12H11F5N2O. The van der Waals surface area contributed by atoms with Crippen molar-refractivity contribution in [1.29, 1.82) is 0 Å². The Hall–Kier alpha value is -1.70. The van der Waals surface area contributed by atoms with Gasteiger partial charge in [-0.2, -0.15) is 0 Å². The van der Waals surface area contributed by atoms with Gasteiger partial charge in [0.2, 0.25) is 11.7 Å². The van der Waals surface area contributed by atoms with Gasteiger partial charge in [0, 0.05) is 12.5 Å². The summed E-state index contributed by atoms with van der Waals surface area (Å²) in [4.78, 5) is 11.5. The summed E-state index contributed by atoms with van der Waals surface area (Å²) in [5.41, 5.74) is 4.28. The van der Waals surface area contributed by atoms with Crippen molar-refractivity contribution in [2.24, 2.45) is 11.7 Å². The molecule has 3 nitrogen and oxygen atoms in total. The van der Waals surface area contributed by atoms with Crippen LogP contribution in [0.15, 0.2) is 0 Å². The van der Waals surface area contributed by atoms with E-state index < -0.39 is 46.7 Å². The van der Waals surface area contributed by atoms with E-state index in [9.17, 15) is 26.7 Å². The lowest BCUT2D eigenvalue weighted by molar-refractivity contribution is -0.116. The first-order chi connectivity index (χ1) is 9.32. The van der Waals surface area contributed by atoms with Crippen molar-refractivity contribution in [1.82, 2.24) is 0 Å². The molecule has 1 unspecified atom stereocenters. The molecule has 0 saturated heterocycles. The first-order valence-electron chi connectivity index (χ1n) is 5.89. The molecule has 1 atom stereocenters. The molecule has 1 fully saturated rings. The predicted octanol–water partition coefficient (Wildman–Crippen LogP) is 2.45. The fourth-order valence-electron chi connectivity index (χ4n) is 1.81. The van der Waals surface area contributed by atoms with Crippen LogP contribution in [0, 0.1) is 35.0 Å². The lowest BCUT2D eigenvalue weighted by Crippen LogP contribution is -2.29. The minimum absolute atomic E-state index is 0.164. The van der Waals surface area contributed by atoms with Crippen LogP contribution in [-0.4, -0.2) is 11.9 Å². The number of hydrogen-bond acceptors (Lipinski definition) is 2. The summed E-state index contributed by atoms with van der Waals surface area (Å²) in [5.74, 6) is -11.4. The van der Waals surface area contributed by atoms with E-state index in [0.29, 0.717) is 0 Å². The Labute approximate surface area is 110 Å². The topological polar surface area (TPSA) is 55.1 Å². The monoisotopic (exact) mass is 294 g/mol. The van der Waals surface area contributed by atoms with E-state index in [1.54, 1.807) is 5.32 Å². The summed E-state index contributed by atoms with van der Waals surface area (Å²) in [7, 11) is 0. The van der Waals surface area contributed by atoms with Crippen molar-refractivity contribution in [2.75, 3.05) is 5.32 Å². The normalized spacial score (nSPS) is 16.1. The maximum Gasteiger partial charge on any atom is 0.226 e. The Kier molecular flexibility index (Phi) is 3.94. The standard InChI is InChI=1S/C12H11F5N2O/c13-7-8(14)10(16)12(11(17)9(7)15)19-6(20)3-5(18)4-1-2-4/h4-5H,1-3,18H2,(H,19,20). The van der Waals surface area contributed by atoms with Crippen LogP contribution in [0.4, 0.5) is 27.6 Å². The van der Waals surface area contributed by atoms with Gasteiger partial charge >= 0.3 is 0 Å². The quantitative estimate of drug-likeness (QED) is 0.509. The fraction of sp³-hybridized carbons (Fsp3) is 0.417. The summed E-state index contributed by atoms with van der Waals surface area (Å²) in [6, 6.07) is -0.490. The number of rotatable bonds is 4. The number of halogens is 5. The minimum atomic E-state index is -2.27. The van der Waals surface area contributed by atoms with Crippen LogP contribution >= 0.6 is 0 Å². The van der Waals surface area contributed by atoms with Crippen molar-refractivity contribution < 1.29 is 26.7 Å². The summed E-state index contributed by atoms with van der Waals surface area (Å²) in [5, 5.41) is 1.69. The van der Waals surface area contributed by atoms with Gasteiger partial charge in [-0.1, -0.05) is 0 Å². The third-order valence-electron chi connectivity index (χ3n) is 3.12. The van der Waals surface area contributed by atoms with Crippen molar-refractivity contribution >= 4 is 11.6 Å². The highest BCUT2D eigenvalue weighted by molar-refractivity contribution is 5.91. The van der Waals surface area contributed by atoms with Crippen molar-refractivity contribution in [2.45, 2.75) is 25.3 Å². The van der Waals surface area contributed by atoms with E-state index in [4.69, 9.17) is 5.73 Å². The number of benzene rings is 1. The smallest absolute Gasteiger partial charge is 0.226 e. The number of hydrogen-bond donors (Lipinski definition) is 2. The lowest BCUT2D eigenvalue weighted by Gasteiger charge is -2.12. The average Bonchev–Trinajstić information content (AvgIpc) is 3.23. The Balaban J connectivity index is 2.18. The van der Waals surface area contributed by atoms with Crippen LogP contribution in [-0.2, 0) is 4.79 Å². The molecule has 1 amide bonds. The van der Waals surface area contributed by atoms with Crippen LogP contribution < -0.4 is 11.1 Å². The Morgan fingerprint density at radius 2 is 1.50 bits per heavy atom. The van der Waals surface area contributed by atoms with E-state index in [0.717, 1.165) is 12.8 Å². The van der Waals surface area contributed by atoms with Gasteiger partial charge in [-0.05, 0) is 18.8 Å². The zero-order valence-corrected chi connectivity index (χ0v) is 10.2. The lowest BCUT2D eigenvalue weighted by atomic mass is 10.1. The van der Waals surface area contributed by atoms with Crippen molar-refractivity contribution in [3.8, 4) is 0 Å². The van der Waals surface area contributed by atoms with E-state index in [2.05, 4.69) is 0 Å². The molecule has 1 aromatic rings. The number of nitrogens with two attached hydrogens (primary N) is 1. The second kappa shape index (κ2) is 5.35. The highest BCUT2D eigenvalue weighted by atomic mass is 19.2. The molecule has 3 N–H and O–H groups in total. The molecule has 20 heavy (non-hydrogen) atoms. The molecule has 1 saturated carbocycles. The van der Waals surface area contributed by atoms with E-state index in [-0.39, 0.29) is 12.3 Å². The van der Waals surface area contributed by atoms with Gasteiger partial charge in [-0.25, -0.2) is 22.0 Å². The van der Waals surface area contributed by atoms with Gasteiger partial charge in [-0.3, -0.25) is 4.79 Å². The molecule has 2 rings (SSSR count). The third kappa shape index (κ3) is 2.74. The van der Waals surface area contributed by atoms with E-state index >= 15 is 0 Å². The highest BCUT2D eigenvalue weighted by Gasteiger charge is 2.31. The predicted molar refractivity (Wildman–Crippen MR) is 60.2 cm³/mol. The zero-order valence-electron chi connectivity index (χ0n) is 10.2. The van der Waals surface area contributed by atoms with Crippen LogP contribution in [0.5, 0.6) is 0 Å². The molecule has 1 aromatic carbocycles. The third-order valence-corrected chi connectivity index (χ3v) is 3.12. The van der Waals surface area contributed by atoms with Crippen molar-refractivity contribution in [3.63, 3.8) is 0 Å². The molecule has 1 aliphatic carbocycles. The molecule has 1 aliphatic rings. The maximum absolute atomic E-state index is 13.3. The van der Waals surface area contributed by atoms with Gasteiger partial charge < -0.3 is 11.1 Å². The number of carbonyl (C=O) groups is 1. The van der Waals surface area contributed by atoms with Crippen molar-refractivity contribution in [3.05, 3.63) is 29.1 Å². The van der Waals surface area contributed by atoms with Crippen LogP contribution in [0.2, 0.25) is 0 Å². The molecule has 0 heterocycles. The molecular weight excluding hydrogens is 283 g/mol. The first kappa shape index (κ1) is 14.7. The van der Waals surface area contributed by atoms with Crippen LogP contribution in [0.3, 0.4) is 0 Å². The summed E-state index contributed by atoms with van der Waals surface area (Å²) < 4.78 is 65.2. The zero-order chi connectivity index (χ0) is 15.0. The molecule has 8 heteroatoms. The van der Waals surface area contributed by atoms with Crippen LogP contribution in [0.25, 0.3) is 0 Å². The summed E-state index contributed by atoms with van der Waals surface area (Å²) >= 11 is 0. The summed E-state index contributed by atoms with van der Waals surface area (Å²) in [6.07, 6.45) is 1.47. The second-order valence-corrected chi connectivity index (χ2v) is 4.70. The number of amides is 1. The SMILES string of the molecule is NC(CC(=O)Nc1c(F)c(F)c(F)c(F)c1F)C1CC1. The van der Waals surface area contributed by atoms with Gasteiger partial charge in [0.15, 0.2) is 23.3 Å². The summed E-state index contributed by atoms with van der Waals surface area (Å²) in [6.45, 7) is 0. The molecule has 0 aromatic heterocycles. The number of nitrogens with one attached hydrogen (secondary N) is 1. The largest absolute Gasteiger partial charge is 0.327 e. The van der Waals surface area contributed by atoms with Gasteiger partial charge in [0.05, 0.1) is 0 Å². The highest BCUT2D eigenvalue weighted by Crippen LogP contribution is 2.33. The fourth-order valence-corrected chi connectivity index (χ4v) is 1.81. The first-order valence-corrected chi connectivity index (χ1v) is 5.89. The maximum atomic E-state index is 13.3. The molecule has 110 valence electrons. The van der Waals surface area contributed by atoms with Gasteiger partial charge in [0.25, 0.3) is 0 Å². The van der Waals surface area contributed by atoms with Gasteiger partial charge in [-0.15, -0.1) is 0 Å². The Morgan fingerprint density at radius 1 is 1.05 bits per heavy atom. The Bertz CT molecular complexity index is 530. The van der Waals surface area contributed by atoms with E-state index in [1.165, 1.54) is 0 Å². The molecule has 0 spiro atoms. The number of anilines is 1. The minimum Gasteiger partial charge on any atom is -0.327 e. The number of carbonyl (C=O) groups excluding carboxylic acids is 1.